The Morgan fingerprint density at radius 2 is 2.00 bits per heavy atom. The molecule has 1 aliphatic carbocycles. The maximum Gasteiger partial charge on any atom is 0.326 e. The van der Waals surface area contributed by atoms with Gasteiger partial charge in [-0.2, -0.15) is 0 Å². The Labute approximate surface area is 181 Å². The van der Waals surface area contributed by atoms with Crippen molar-refractivity contribution in [1.29, 1.82) is 0 Å². The zero-order valence-electron chi connectivity index (χ0n) is 18.1. The first-order valence-corrected chi connectivity index (χ1v) is 11.0. The van der Waals surface area contributed by atoms with Crippen molar-refractivity contribution in [2.75, 3.05) is 19.0 Å². The highest BCUT2D eigenvalue weighted by atomic mass is 16.5. The molecule has 1 saturated carbocycles. The van der Waals surface area contributed by atoms with Crippen LogP contribution in [0.5, 0.6) is 11.5 Å². The number of rotatable bonds is 8. The summed E-state index contributed by atoms with van der Waals surface area (Å²) < 4.78 is 13.0. The van der Waals surface area contributed by atoms with Gasteiger partial charge in [-0.1, -0.05) is 26.2 Å². The Morgan fingerprint density at radius 1 is 1.19 bits per heavy atom. The largest absolute Gasteiger partial charge is 0.497 e. The topological polar surface area (TPSA) is 85.3 Å². The number of carbonyl (C=O) groups is 1. The third-order valence-electron chi connectivity index (χ3n) is 5.86. The van der Waals surface area contributed by atoms with Gasteiger partial charge in [0.1, 0.15) is 11.5 Å². The van der Waals surface area contributed by atoms with Crippen LogP contribution in [-0.4, -0.2) is 29.2 Å². The lowest BCUT2D eigenvalue weighted by Crippen LogP contribution is -2.20. The van der Waals surface area contributed by atoms with Crippen LogP contribution in [-0.2, 0) is 0 Å². The summed E-state index contributed by atoms with van der Waals surface area (Å²) in [4.78, 5) is 28.4. The van der Waals surface area contributed by atoms with Crippen molar-refractivity contribution in [1.82, 2.24) is 9.55 Å². The number of nitrogens with zero attached hydrogens (tertiary/aromatic N) is 1. The highest BCUT2D eigenvalue weighted by Crippen LogP contribution is 2.32. The molecule has 1 fully saturated rings. The van der Waals surface area contributed by atoms with Crippen molar-refractivity contribution in [2.24, 2.45) is 0 Å². The van der Waals surface area contributed by atoms with Crippen molar-refractivity contribution in [3.63, 3.8) is 0 Å². The first-order valence-electron chi connectivity index (χ1n) is 11.0. The van der Waals surface area contributed by atoms with E-state index in [-0.39, 0.29) is 17.6 Å². The monoisotopic (exact) mass is 423 g/mol. The number of ether oxygens (including phenoxy) is 2. The fourth-order valence-corrected chi connectivity index (χ4v) is 4.18. The van der Waals surface area contributed by atoms with Crippen molar-refractivity contribution < 1.29 is 14.3 Å². The van der Waals surface area contributed by atoms with E-state index in [0.29, 0.717) is 34.9 Å². The van der Waals surface area contributed by atoms with Crippen LogP contribution in [0.4, 0.5) is 5.69 Å². The summed E-state index contributed by atoms with van der Waals surface area (Å²) in [6.07, 6.45) is 6.29. The summed E-state index contributed by atoms with van der Waals surface area (Å²) in [6, 6.07) is 10.9. The highest BCUT2D eigenvalue weighted by Gasteiger charge is 2.22. The molecule has 2 aromatic carbocycles. The number of aromatic nitrogens is 2. The lowest BCUT2D eigenvalue weighted by molar-refractivity contribution is 0.102. The second-order valence-electron chi connectivity index (χ2n) is 7.99. The van der Waals surface area contributed by atoms with Gasteiger partial charge < -0.3 is 19.8 Å². The molecule has 0 atom stereocenters. The molecule has 31 heavy (non-hydrogen) atoms. The van der Waals surface area contributed by atoms with Crippen LogP contribution in [0.25, 0.3) is 11.0 Å². The van der Waals surface area contributed by atoms with Gasteiger partial charge in [0.2, 0.25) is 0 Å². The first kappa shape index (κ1) is 21.0. The van der Waals surface area contributed by atoms with E-state index in [4.69, 9.17) is 9.47 Å². The quantitative estimate of drug-likeness (QED) is 0.506. The predicted molar refractivity (Wildman–Crippen MR) is 121 cm³/mol. The van der Waals surface area contributed by atoms with Crippen LogP contribution in [0.1, 0.15) is 61.8 Å². The van der Waals surface area contributed by atoms with Crippen LogP contribution in [0.3, 0.4) is 0 Å². The number of hydrogen-bond donors (Lipinski definition) is 2. The molecule has 1 heterocycles. The molecule has 0 bridgehead atoms. The van der Waals surface area contributed by atoms with Gasteiger partial charge in [-0.25, -0.2) is 4.79 Å². The Hall–Kier alpha value is -3.22. The van der Waals surface area contributed by atoms with E-state index in [0.717, 1.165) is 44.0 Å². The molecule has 0 unspecified atom stereocenters. The van der Waals surface area contributed by atoms with E-state index in [2.05, 4.69) is 17.2 Å². The minimum Gasteiger partial charge on any atom is -0.497 e. The van der Waals surface area contributed by atoms with E-state index in [1.807, 2.05) is 10.6 Å². The fraction of sp³-hybridized carbons (Fsp3) is 0.417. The number of methoxy groups -OCH3 is 1. The zero-order valence-corrected chi connectivity index (χ0v) is 18.1. The third kappa shape index (κ3) is 4.45. The maximum absolute atomic E-state index is 13.0. The second-order valence-corrected chi connectivity index (χ2v) is 7.99. The van der Waals surface area contributed by atoms with Crippen LogP contribution < -0.4 is 20.5 Å². The number of amides is 1. The lowest BCUT2D eigenvalue weighted by Gasteiger charge is -2.14. The molecule has 0 radical (unpaired) electrons. The van der Waals surface area contributed by atoms with Crippen molar-refractivity contribution in [3.05, 3.63) is 52.4 Å². The molecule has 0 saturated heterocycles. The minimum absolute atomic E-state index is 0.112. The van der Waals surface area contributed by atoms with E-state index in [1.54, 1.807) is 37.4 Å². The Morgan fingerprint density at radius 3 is 2.74 bits per heavy atom. The number of H-pyrrole nitrogens is 1. The molecule has 7 nitrogen and oxygen atoms in total. The van der Waals surface area contributed by atoms with Gasteiger partial charge >= 0.3 is 5.69 Å². The molecule has 1 amide bonds. The van der Waals surface area contributed by atoms with Gasteiger partial charge in [-0.05, 0) is 49.6 Å². The van der Waals surface area contributed by atoms with Gasteiger partial charge in [0.15, 0.2) is 0 Å². The summed E-state index contributed by atoms with van der Waals surface area (Å²) in [5.74, 6) is 0.959. The van der Waals surface area contributed by atoms with E-state index < -0.39 is 0 Å². The molecule has 1 aliphatic rings. The zero-order chi connectivity index (χ0) is 21.8. The third-order valence-corrected chi connectivity index (χ3v) is 5.86. The van der Waals surface area contributed by atoms with Crippen molar-refractivity contribution in [2.45, 2.75) is 51.5 Å². The molecule has 2 N–H and O–H groups in total. The second kappa shape index (κ2) is 9.29. The van der Waals surface area contributed by atoms with Crippen molar-refractivity contribution >= 4 is 22.6 Å². The fourth-order valence-electron chi connectivity index (χ4n) is 4.18. The number of hydrogen-bond acceptors (Lipinski definition) is 4. The van der Waals surface area contributed by atoms with Crippen molar-refractivity contribution in [3.8, 4) is 11.5 Å². The number of imidazole rings is 1. The lowest BCUT2D eigenvalue weighted by atomic mass is 10.1. The SMILES string of the molecule is CCCCOc1ccc(OC)cc1NC(=O)c1ccc2c(c1)[nH]c(=O)n2C1CCCC1. The highest BCUT2D eigenvalue weighted by molar-refractivity contribution is 6.06. The van der Waals surface area contributed by atoms with Crippen LogP contribution in [0.2, 0.25) is 0 Å². The van der Waals surface area contributed by atoms with Gasteiger partial charge in [-0.3, -0.25) is 9.36 Å². The number of benzene rings is 2. The summed E-state index contributed by atoms with van der Waals surface area (Å²) in [7, 11) is 1.58. The summed E-state index contributed by atoms with van der Waals surface area (Å²) >= 11 is 0. The van der Waals surface area contributed by atoms with Crippen LogP contribution >= 0.6 is 0 Å². The summed E-state index contributed by atoms with van der Waals surface area (Å²) in [6.45, 7) is 2.67. The maximum atomic E-state index is 13.0. The Balaban J connectivity index is 1.59. The molecule has 164 valence electrons. The van der Waals surface area contributed by atoms with Crippen LogP contribution in [0.15, 0.2) is 41.2 Å². The number of fused-ring (bicyclic) bond motifs is 1. The number of carbonyl (C=O) groups excluding carboxylic acids is 1. The Kier molecular flexibility index (Phi) is 6.30. The first-order chi connectivity index (χ1) is 15.1. The Bertz CT molecular complexity index is 1130. The average Bonchev–Trinajstić information content (AvgIpc) is 3.40. The van der Waals surface area contributed by atoms with E-state index in [9.17, 15) is 9.59 Å². The molecular formula is C24H29N3O4. The molecule has 3 aromatic rings. The van der Waals surface area contributed by atoms with E-state index >= 15 is 0 Å². The minimum atomic E-state index is -0.273. The van der Waals surface area contributed by atoms with E-state index in [1.165, 1.54) is 0 Å². The van der Waals surface area contributed by atoms with Gasteiger partial charge in [-0.15, -0.1) is 0 Å². The molecule has 0 aliphatic heterocycles. The molecule has 1 aromatic heterocycles. The molecular weight excluding hydrogens is 394 g/mol. The van der Waals surface area contributed by atoms with Gasteiger partial charge in [0.25, 0.3) is 5.91 Å². The number of anilines is 1. The number of aromatic amines is 1. The predicted octanol–water partition coefficient (Wildman–Crippen LogP) is 4.88. The average molecular weight is 424 g/mol. The van der Waals surface area contributed by atoms with Gasteiger partial charge in [0, 0.05) is 17.7 Å². The molecule has 7 heteroatoms. The summed E-state index contributed by atoms with van der Waals surface area (Å²) in [5.41, 5.74) is 2.43. The number of unbranched alkanes of at least 4 members (excludes halogenated alkanes) is 1. The summed E-state index contributed by atoms with van der Waals surface area (Å²) in [5, 5.41) is 2.93. The number of nitrogens with one attached hydrogen (secondary N) is 2. The smallest absolute Gasteiger partial charge is 0.326 e. The van der Waals surface area contributed by atoms with Gasteiger partial charge in [0.05, 0.1) is 30.4 Å². The normalized spacial score (nSPS) is 14.1. The molecule has 4 rings (SSSR count). The van der Waals surface area contributed by atoms with Crippen LogP contribution in [0, 0.1) is 0 Å². The standard InChI is InChI=1S/C24H29N3O4/c1-3-4-13-31-22-12-10-18(30-2)15-20(22)25-23(28)16-9-11-21-19(14-16)26-24(29)27(21)17-7-5-6-8-17/h9-12,14-15,17H,3-8,13H2,1-2H3,(H,25,28)(H,26,29). The molecule has 0 spiro atoms.